The number of hydrogen-bond donors (Lipinski definition) is 0. The molecule has 1 fully saturated rings. The molecule has 4 nitrogen and oxygen atoms in total. The maximum Gasteiger partial charge on any atom is 0.146 e. The second kappa shape index (κ2) is 4.67. The molecule has 0 spiro atoms. The molecule has 0 bridgehead atoms. The van der Waals surface area contributed by atoms with Gasteiger partial charge >= 0.3 is 0 Å². The lowest BCUT2D eigenvalue weighted by molar-refractivity contribution is 0.266. The summed E-state index contributed by atoms with van der Waals surface area (Å²) < 4.78 is 0.974. The van der Waals surface area contributed by atoms with Crippen molar-refractivity contribution in [2.75, 3.05) is 32.1 Å². The van der Waals surface area contributed by atoms with Crippen molar-refractivity contribution in [2.45, 2.75) is 13.0 Å². The zero-order valence-corrected chi connectivity index (χ0v) is 11.5. The Kier molecular flexibility index (Phi) is 3.44. The molecule has 0 aromatic carbocycles. The third-order valence-corrected chi connectivity index (χ3v) is 3.74. The number of hydrogen-bond acceptors (Lipinski definition) is 4. The second-order valence-corrected chi connectivity index (χ2v) is 5.46. The van der Waals surface area contributed by atoms with E-state index in [1.807, 2.05) is 0 Å². The van der Waals surface area contributed by atoms with Crippen LogP contribution in [0.15, 0.2) is 17.0 Å². The maximum absolute atomic E-state index is 4.34. The molecule has 1 aromatic rings. The van der Waals surface area contributed by atoms with Crippen LogP contribution in [0, 0.1) is 5.92 Å². The van der Waals surface area contributed by atoms with Crippen molar-refractivity contribution in [1.29, 1.82) is 0 Å². The summed E-state index contributed by atoms with van der Waals surface area (Å²) in [6.45, 7) is 4.38. The number of anilines is 1. The monoisotopic (exact) mass is 284 g/mol. The Labute approximate surface area is 105 Å². The molecular formula is C11H17BrN4. The van der Waals surface area contributed by atoms with E-state index >= 15 is 0 Å². The van der Waals surface area contributed by atoms with Crippen LogP contribution in [-0.4, -0.2) is 48.1 Å². The predicted molar refractivity (Wildman–Crippen MR) is 68.6 cm³/mol. The number of likely N-dealkylation sites (N-methyl/N-ethyl adjacent to an activating group) is 1. The first-order valence-corrected chi connectivity index (χ1v) is 6.25. The highest BCUT2D eigenvalue weighted by Gasteiger charge is 2.32. The molecule has 1 aliphatic rings. The summed E-state index contributed by atoms with van der Waals surface area (Å²) in [7, 11) is 4.28. The van der Waals surface area contributed by atoms with Crippen LogP contribution in [0.4, 0.5) is 5.82 Å². The average molecular weight is 285 g/mol. The quantitative estimate of drug-likeness (QED) is 0.826. The lowest BCUT2D eigenvalue weighted by Crippen LogP contribution is -2.34. The number of rotatable bonds is 2. The molecule has 88 valence electrons. The van der Waals surface area contributed by atoms with Crippen LogP contribution in [0.5, 0.6) is 0 Å². The summed E-state index contributed by atoms with van der Waals surface area (Å²) in [6, 6.07) is 0.599. The van der Waals surface area contributed by atoms with Crippen LogP contribution in [-0.2, 0) is 0 Å². The maximum atomic E-state index is 4.34. The molecule has 16 heavy (non-hydrogen) atoms. The van der Waals surface area contributed by atoms with Gasteiger partial charge in [-0.2, -0.15) is 0 Å². The first-order valence-electron chi connectivity index (χ1n) is 5.46. The van der Waals surface area contributed by atoms with E-state index in [1.165, 1.54) is 0 Å². The van der Waals surface area contributed by atoms with E-state index in [9.17, 15) is 0 Å². The van der Waals surface area contributed by atoms with E-state index in [0.29, 0.717) is 12.0 Å². The molecule has 0 N–H and O–H groups in total. The number of nitrogens with zero attached hydrogens (tertiary/aromatic N) is 4. The summed E-state index contributed by atoms with van der Waals surface area (Å²) >= 11 is 3.50. The molecular weight excluding hydrogens is 268 g/mol. The number of aromatic nitrogens is 2. The fourth-order valence-electron chi connectivity index (χ4n) is 2.33. The molecule has 0 amide bonds. The zero-order valence-electron chi connectivity index (χ0n) is 9.89. The summed E-state index contributed by atoms with van der Waals surface area (Å²) in [4.78, 5) is 12.9. The van der Waals surface area contributed by atoms with Gasteiger partial charge in [0.25, 0.3) is 0 Å². The topological polar surface area (TPSA) is 32.3 Å². The molecule has 2 atom stereocenters. The zero-order chi connectivity index (χ0) is 11.7. The van der Waals surface area contributed by atoms with Crippen LogP contribution in [0.2, 0.25) is 0 Å². The van der Waals surface area contributed by atoms with E-state index in [1.54, 1.807) is 12.5 Å². The van der Waals surface area contributed by atoms with Crippen molar-refractivity contribution >= 4 is 21.7 Å². The predicted octanol–water partition coefficient (Wildman–Crippen LogP) is 1.63. The first-order chi connectivity index (χ1) is 7.59. The van der Waals surface area contributed by atoms with Crippen LogP contribution in [0.3, 0.4) is 0 Å². The van der Waals surface area contributed by atoms with E-state index in [-0.39, 0.29) is 0 Å². The number of halogens is 1. The normalized spacial score (nSPS) is 25.4. The van der Waals surface area contributed by atoms with E-state index in [0.717, 1.165) is 23.4 Å². The van der Waals surface area contributed by atoms with Crippen molar-refractivity contribution in [1.82, 2.24) is 14.9 Å². The molecule has 5 heteroatoms. The molecule has 0 radical (unpaired) electrons. The minimum atomic E-state index is 0.599. The summed E-state index contributed by atoms with van der Waals surface area (Å²) in [5, 5.41) is 0. The lowest BCUT2D eigenvalue weighted by Gasteiger charge is -2.22. The van der Waals surface area contributed by atoms with Gasteiger partial charge < -0.3 is 9.80 Å². The van der Waals surface area contributed by atoms with E-state index < -0.39 is 0 Å². The lowest BCUT2D eigenvalue weighted by atomic mass is 10.1. The molecule has 1 aliphatic heterocycles. The second-order valence-electron chi connectivity index (χ2n) is 4.61. The van der Waals surface area contributed by atoms with Gasteiger partial charge in [0.2, 0.25) is 0 Å². The van der Waals surface area contributed by atoms with Gasteiger partial charge in [-0.15, -0.1) is 0 Å². The van der Waals surface area contributed by atoms with Crippen molar-refractivity contribution in [3.05, 3.63) is 17.0 Å². The molecule has 1 saturated heterocycles. The SMILES string of the molecule is CC1CN(c2ncncc2Br)CC1N(C)C. The van der Waals surface area contributed by atoms with Gasteiger partial charge in [-0.25, -0.2) is 9.97 Å². The van der Waals surface area contributed by atoms with Crippen LogP contribution in [0.1, 0.15) is 6.92 Å². The van der Waals surface area contributed by atoms with Crippen LogP contribution < -0.4 is 4.90 Å². The van der Waals surface area contributed by atoms with Gasteiger partial charge in [-0.05, 0) is 35.9 Å². The summed E-state index contributed by atoms with van der Waals surface area (Å²) in [6.07, 6.45) is 3.41. The van der Waals surface area contributed by atoms with E-state index in [4.69, 9.17) is 0 Å². The Morgan fingerprint density at radius 3 is 2.75 bits per heavy atom. The van der Waals surface area contributed by atoms with Gasteiger partial charge in [0.05, 0.1) is 4.47 Å². The Morgan fingerprint density at radius 1 is 1.44 bits per heavy atom. The van der Waals surface area contributed by atoms with Gasteiger partial charge in [-0.3, -0.25) is 0 Å². The van der Waals surface area contributed by atoms with Crippen LogP contribution in [0.25, 0.3) is 0 Å². The highest BCUT2D eigenvalue weighted by molar-refractivity contribution is 9.10. The highest BCUT2D eigenvalue weighted by Crippen LogP contribution is 2.29. The molecule has 2 heterocycles. The third-order valence-electron chi connectivity index (χ3n) is 3.18. The van der Waals surface area contributed by atoms with E-state index in [2.05, 4.69) is 56.7 Å². The standard InChI is InChI=1S/C11H17BrN4/c1-8-5-16(6-10(8)15(2)3)11-9(12)4-13-7-14-11/h4,7-8,10H,5-6H2,1-3H3. The van der Waals surface area contributed by atoms with Crippen molar-refractivity contribution in [3.8, 4) is 0 Å². The average Bonchev–Trinajstić information content (AvgIpc) is 2.61. The Bertz CT molecular complexity index is 369. The fourth-order valence-corrected chi connectivity index (χ4v) is 2.81. The van der Waals surface area contributed by atoms with Gasteiger partial charge in [0.15, 0.2) is 0 Å². The summed E-state index contributed by atoms with van der Waals surface area (Å²) in [5.74, 6) is 1.67. The van der Waals surface area contributed by atoms with Gasteiger partial charge in [0, 0.05) is 25.3 Å². The van der Waals surface area contributed by atoms with Crippen molar-refractivity contribution < 1.29 is 0 Å². The highest BCUT2D eigenvalue weighted by atomic mass is 79.9. The molecule has 1 aromatic heterocycles. The first kappa shape index (κ1) is 11.8. The Balaban J connectivity index is 2.17. The van der Waals surface area contributed by atoms with Crippen molar-refractivity contribution in [2.24, 2.45) is 5.92 Å². The van der Waals surface area contributed by atoms with Crippen LogP contribution >= 0.6 is 15.9 Å². The molecule has 0 saturated carbocycles. The third kappa shape index (κ3) is 2.20. The molecule has 2 rings (SSSR count). The Hall–Kier alpha value is -0.680. The summed E-state index contributed by atoms with van der Waals surface area (Å²) in [5.41, 5.74) is 0. The largest absolute Gasteiger partial charge is 0.354 e. The minimum Gasteiger partial charge on any atom is -0.354 e. The Morgan fingerprint density at radius 2 is 2.19 bits per heavy atom. The molecule has 0 aliphatic carbocycles. The smallest absolute Gasteiger partial charge is 0.146 e. The van der Waals surface area contributed by atoms with Gasteiger partial charge in [0.1, 0.15) is 12.1 Å². The minimum absolute atomic E-state index is 0.599. The van der Waals surface area contributed by atoms with Gasteiger partial charge in [-0.1, -0.05) is 6.92 Å². The molecule has 2 unspecified atom stereocenters. The fraction of sp³-hybridized carbons (Fsp3) is 0.636. The van der Waals surface area contributed by atoms with Crippen molar-refractivity contribution in [3.63, 3.8) is 0 Å².